The lowest BCUT2D eigenvalue weighted by Crippen LogP contribution is -2.06. The van der Waals surface area contributed by atoms with Crippen LogP contribution in [0.25, 0.3) is 0 Å². The first-order valence-corrected chi connectivity index (χ1v) is 4.28. The second-order valence-electron chi connectivity index (χ2n) is 2.73. The summed E-state index contributed by atoms with van der Waals surface area (Å²) in [4.78, 5) is 15.2. The Bertz CT molecular complexity index is 297. The van der Waals surface area contributed by atoms with E-state index in [9.17, 15) is 4.79 Å². The van der Waals surface area contributed by atoms with Crippen LogP contribution in [-0.2, 0) is 22.4 Å². The molecule has 0 N–H and O–H groups in total. The first-order valence-electron chi connectivity index (χ1n) is 4.28. The zero-order chi connectivity index (χ0) is 9.68. The summed E-state index contributed by atoms with van der Waals surface area (Å²) in [5.74, 6) is -0.249. The van der Waals surface area contributed by atoms with Gasteiger partial charge in [0.1, 0.15) is 0 Å². The van der Waals surface area contributed by atoms with E-state index in [0.29, 0.717) is 0 Å². The molecule has 0 saturated carbocycles. The fraction of sp³-hybridized carbons (Fsp3) is 0.400. The zero-order valence-electron chi connectivity index (χ0n) is 7.91. The number of aryl methyl sites for hydroxylation is 1. The minimum absolute atomic E-state index is 0.249. The molecule has 0 amide bonds. The van der Waals surface area contributed by atoms with Crippen LogP contribution < -0.4 is 0 Å². The fourth-order valence-corrected chi connectivity index (χ4v) is 1.04. The van der Waals surface area contributed by atoms with Gasteiger partial charge in [0.25, 0.3) is 0 Å². The molecule has 0 spiro atoms. The summed E-state index contributed by atoms with van der Waals surface area (Å²) in [6.07, 6.45) is 1.14. The Morgan fingerprint density at radius 3 is 2.77 bits per heavy atom. The SMILES string of the molecule is CCc1cccc(CC(=O)OC)n1. The molecule has 13 heavy (non-hydrogen) atoms. The van der Waals surface area contributed by atoms with Crippen LogP contribution in [0.1, 0.15) is 18.3 Å². The minimum atomic E-state index is -0.249. The van der Waals surface area contributed by atoms with E-state index in [4.69, 9.17) is 0 Å². The van der Waals surface area contributed by atoms with Crippen LogP contribution in [0, 0.1) is 0 Å². The molecule has 0 radical (unpaired) electrons. The number of rotatable bonds is 3. The van der Waals surface area contributed by atoms with Gasteiger partial charge in [-0.15, -0.1) is 0 Å². The number of nitrogens with zero attached hydrogens (tertiary/aromatic N) is 1. The molecule has 0 fully saturated rings. The van der Waals surface area contributed by atoms with E-state index in [1.807, 2.05) is 25.1 Å². The molecule has 0 aliphatic heterocycles. The Labute approximate surface area is 77.8 Å². The summed E-state index contributed by atoms with van der Waals surface area (Å²) in [7, 11) is 1.38. The molecule has 1 aromatic heterocycles. The molecular weight excluding hydrogens is 166 g/mol. The Morgan fingerprint density at radius 1 is 1.46 bits per heavy atom. The Morgan fingerprint density at radius 2 is 2.15 bits per heavy atom. The van der Waals surface area contributed by atoms with E-state index in [1.54, 1.807) is 0 Å². The van der Waals surface area contributed by atoms with Gasteiger partial charge in [-0.05, 0) is 18.6 Å². The van der Waals surface area contributed by atoms with Crippen LogP contribution in [0.4, 0.5) is 0 Å². The minimum Gasteiger partial charge on any atom is -0.469 e. The highest BCUT2D eigenvalue weighted by Crippen LogP contribution is 2.01. The van der Waals surface area contributed by atoms with Gasteiger partial charge in [-0.2, -0.15) is 0 Å². The maximum atomic E-state index is 10.9. The summed E-state index contributed by atoms with van der Waals surface area (Å²) < 4.78 is 4.55. The highest BCUT2D eigenvalue weighted by Gasteiger charge is 2.03. The van der Waals surface area contributed by atoms with Crippen molar-refractivity contribution in [2.75, 3.05) is 7.11 Å². The summed E-state index contributed by atoms with van der Waals surface area (Å²) in [6, 6.07) is 5.68. The Hall–Kier alpha value is -1.38. The van der Waals surface area contributed by atoms with Crippen molar-refractivity contribution in [3.8, 4) is 0 Å². The number of carbonyl (C=O) groups is 1. The van der Waals surface area contributed by atoms with Crippen molar-refractivity contribution < 1.29 is 9.53 Å². The molecule has 1 rings (SSSR count). The molecule has 0 aliphatic rings. The summed E-state index contributed by atoms with van der Waals surface area (Å²) in [5, 5.41) is 0. The van der Waals surface area contributed by atoms with E-state index in [2.05, 4.69) is 9.72 Å². The van der Waals surface area contributed by atoms with E-state index < -0.39 is 0 Å². The van der Waals surface area contributed by atoms with Gasteiger partial charge in [0.15, 0.2) is 0 Å². The van der Waals surface area contributed by atoms with E-state index >= 15 is 0 Å². The van der Waals surface area contributed by atoms with Crippen LogP contribution >= 0.6 is 0 Å². The second kappa shape index (κ2) is 4.60. The molecular formula is C10H13NO2. The molecule has 0 aromatic carbocycles. The number of methoxy groups -OCH3 is 1. The van der Waals surface area contributed by atoms with E-state index in [0.717, 1.165) is 17.8 Å². The number of carbonyl (C=O) groups excluding carboxylic acids is 1. The van der Waals surface area contributed by atoms with Crippen molar-refractivity contribution in [3.63, 3.8) is 0 Å². The van der Waals surface area contributed by atoms with Gasteiger partial charge >= 0.3 is 5.97 Å². The average molecular weight is 179 g/mol. The van der Waals surface area contributed by atoms with Crippen LogP contribution in [0.5, 0.6) is 0 Å². The topological polar surface area (TPSA) is 39.2 Å². The van der Waals surface area contributed by atoms with Gasteiger partial charge < -0.3 is 4.74 Å². The van der Waals surface area contributed by atoms with Gasteiger partial charge in [-0.3, -0.25) is 9.78 Å². The molecule has 3 heteroatoms. The average Bonchev–Trinajstić information content (AvgIpc) is 2.18. The molecule has 0 atom stereocenters. The van der Waals surface area contributed by atoms with Crippen molar-refractivity contribution in [2.24, 2.45) is 0 Å². The molecule has 1 heterocycles. The third-order valence-electron chi connectivity index (χ3n) is 1.78. The van der Waals surface area contributed by atoms with Crippen molar-refractivity contribution in [2.45, 2.75) is 19.8 Å². The number of hydrogen-bond donors (Lipinski definition) is 0. The van der Waals surface area contributed by atoms with E-state index in [-0.39, 0.29) is 12.4 Å². The lowest BCUT2D eigenvalue weighted by molar-refractivity contribution is -0.139. The Balaban J connectivity index is 2.71. The van der Waals surface area contributed by atoms with Crippen molar-refractivity contribution in [1.82, 2.24) is 4.98 Å². The number of hydrogen-bond acceptors (Lipinski definition) is 3. The van der Waals surface area contributed by atoms with Crippen LogP contribution in [0.2, 0.25) is 0 Å². The van der Waals surface area contributed by atoms with Gasteiger partial charge in [-0.25, -0.2) is 0 Å². The second-order valence-corrected chi connectivity index (χ2v) is 2.73. The van der Waals surface area contributed by atoms with E-state index in [1.165, 1.54) is 7.11 Å². The van der Waals surface area contributed by atoms with Crippen molar-refractivity contribution in [1.29, 1.82) is 0 Å². The predicted octanol–water partition coefficient (Wildman–Crippen LogP) is 1.36. The normalized spacial score (nSPS) is 9.69. The Kier molecular flexibility index (Phi) is 3.43. The first kappa shape index (κ1) is 9.71. The summed E-state index contributed by atoms with van der Waals surface area (Å²) >= 11 is 0. The predicted molar refractivity (Wildman–Crippen MR) is 49.3 cm³/mol. The zero-order valence-corrected chi connectivity index (χ0v) is 7.91. The van der Waals surface area contributed by atoms with Crippen molar-refractivity contribution >= 4 is 5.97 Å². The largest absolute Gasteiger partial charge is 0.469 e. The molecule has 0 aliphatic carbocycles. The maximum absolute atomic E-state index is 10.9. The molecule has 3 nitrogen and oxygen atoms in total. The van der Waals surface area contributed by atoms with Crippen LogP contribution in [0.3, 0.4) is 0 Å². The van der Waals surface area contributed by atoms with Gasteiger partial charge in [-0.1, -0.05) is 13.0 Å². The third kappa shape index (κ3) is 2.86. The van der Waals surface area contributed by atoms with Gasteiger partial charge in [0, 0.05) is 5.69 Å². The summed E-state index contributed by atoms with van der Waals surface area (Å²) in [5.41, 5.74) is 1.77. The van der Waals surface area contributed by atoms with Gasteiger partial charge in [0.2, 0.25) is 0 Å². The van der Waals surface area contributed by atoms with Gasteiger partial charge in [0.05, 0.1) is 19.2 Å². The first-order chi connectivity index (χ1) is 6.26. The monoisotopic (exact) mass is 179 g/mol. The lowest BCUT2D eigenvalue weighted by Gasteiger charge is -2.01. The quantitative estimate of drug-likeness (QED) is 0.658. The molecule has 1 aromatic rings. The highest BCUT2D eigenvalue weighted by atomic mass is 16.5. The van der Waals surface area contributed by atoms with Crippen molar-refractivity contribution in [3.05, 3.63) is 29.6 Å². The molecule has 0 bridgehead atoms. The smallest absolute Gasteiger partial charge is 0.311 e. The standard InChI is InChI=1S/C10H13NO2/c1-3-8-5-4-6-9(11-8)7-10(12)13-2/h4-6H,3,7H2,1-2H3. The molecule has 70 valence electrons. The molecule has 0 saturated heterocycles. The van der Waals surface area contributed by atoms with Crippen LogP contribution in [0.15, 0.2) is 18.2 Å². The summed E-state index contributed by atoms with van der Waals surface area (Å²) in [6.45, 7) is 2.03. The number of pyridine rings is 1. The van der Waals surface area contributed by atoms with Crippen LogP contribution in [-0.4, -0.2) is 18.1 Å². The highest BCUT2D eigenvalue weighted by molar-refractivity contribution is 5.71. The maximum Gasteiger partial charge on any atom is 0.311 e. The number of aromatic nitrogens is 1. The third-order valence-corrected chi connectivity index (χ3v) is 1.78. The lowest BCUT2D eigenvalue weighted by atomic mass is 10.2. The number of ether oxygens (including phenoxy) is 1. The fourth-order valence-electron chi connectivity index (χ4n) is 1.04. The molecule has 0 unspecified atom stereocenters. The number of esters is 1.